The molecule has 0 radical (unpaired) electrons. The third-order valence-corrected chi connectivity index (χ3v) is 2.63. The van der Waals surface area contributed by atoms with E-state index in [1.54, 1.807) is 17.7 Å². The van der Waals surface area contributed by atoms with Gasteiger partial charge in [-0.1, -0.05) is 0 Å². The Labute approximate surface area is 90.2 Å². The lowest BCUT2D eigenvalue weighted by Gasteiger charge is -2.03. The molecule has 0 saturated carbocycles. The molecule has 0 unspecified atom stereocenters. The van der Waals surface area contributed by atoms with E-state index in [1.807, 2.05) is 6.07 Å². The van der Waals surface area contributed by atoms with Crippen molar-refractivity contribution in [2.75, 3.05) is 7.11 Å². The van der Waals surface area contributed by atoms with Gasteiger partial charge >= 0.3 is 5.97 Å². The maximum atomic E-state index is 11.3. The first-order valence-corrected chi connectivity index (χ1v) is 4.70. The molecule has 0 aliphatic heterocycles. The van der Waals surface area contributed by atoms with E-state index in [0.29, 0.717) is 5.69 Å². The van der Waals surface area contributed by atoms with Crippen LogP contribution >= 0.6 is 15.9 Å². The monoisotopic (exact) mass is 256 g/mol. The summed E-state index contributed by atoms with van der Waals surface area (Å²) < 4.78 is 7.00. The zero-order valence-electron chi connectivity index (χ0n) is 7.87. The maximum absolute atomic E-state index is 11.3. The highest BCUT2D eigenvalue weighted by molar-refractivity contribution is 9.10. The van der Waals surface area contributed by atoms with Crippen molar-refractivity contribution >= 4 is 21.9 Å². The van der Waals surface area contributed by atoms with Gasteiger partial charge in [-0.15, -0.1) is 0 Å². The molecule has 0 aliphatic carbocycles. The van der Waals surface area contributed by atoms with Crippen LogP contribution in [0.25, 0.3) is 0 Å². The fraction of sp³-hybridized carbons (Fsp3) is 0.333. The van der Waals surface area contributed by atoms with Gasteiger partial charge in [-0.25, -0.2) is 4.79 Å². The number of esters is 1. The molecule has 0 bridgehead atoms. The largest absolute Gasteiger partial charge is 0.464 e. The van der Waals surface area contributed by atoms with Crippen LogP contribution in [0.15, 0.2) is 10.5 Å². The highest BCUT2D eigenvalue weighted by Gasteiger charge is 2.16. The Balaban J connectivity index is 3.18. The van der Waals surface area contributed by atoms with Crippen molar-refractivity contribution in [1.29, 1.82) is 5.26 Å². The van der Waals surface area contributed by atoms with E-state index in [0.717, 1.165) is 10.2 Å². The Morgan fingerprint density at radius 3 is 2.93 bits per heavy atom. The SMILES string of the molecule is COC(=O)c1cc(Br)c(CC#N)n1C. The molecule has 0 fully saturated rings. The van der Waals surface area contributed by atoms with Gasteiger partial charge in [0.25, 0.3) is 0 Å². The first kappa shape index (κ1) is 10.8. The molecule has 0 amide bonds. The minimum atomic E-state index is -0.405. The van der Waals surface area contributed by atoms with Gasteiger partial charge in [0.05, 0.1) is 19.6 Å². The molecule has 14 heavy (non-hydrogen) atoms. The minimum Gasteiger partial charge on any atom is -0.464 e. The number of carbonyl (C=O) groups is 1. The second-order valence-electron chi connectivity index (χ2n) is 2.71. The number of hydrogen-bond acceptors (Lipinski definition) is 3. The van der Waals surface area contributed by atoms with Crippen LogP contribution in [0.4, 0.5) is 0 Å². The number of nitrogens with zero attached hydrogens (tertiary/aromatic N) is 2. The lowest BCUT2D eigenvalue weighted by molar-refractivity contribution is 0.0589. The van der Waals surface area contributed by atoms with Gasteiger partial charge in [0.2, 0.25) is 0 Å². The number of halogens is 1. The third-order valence-electron chi connectivity index (χ3n) is 1.95. The zero-order chi connectivity index (χ0) is 10.7. The van der Waals surface area contributed by atoms with Gasteiger partial charge < -0.3 is 9.30 Å². The van der Waals surface area contributed by atoms with Crippen molar-refractivity contribution < 1.29 is 9.53 Å². The van der Waals surface area contributed by atoms with Crippen molar-refractivity contribution in [2.45, 2.75) is 6.42 Å². The van der Waals surface area contributed by atoms with E-state index in [2.05, 4.69) is 20.7 Å². The lowest BCUT2D eigenvalue weighted by Crippen LogP contribution is -2.09. The Morgan fingerprint density at radius 1 is 1.79 bits per heavy atom. The third kappa shape index (κ3) is 1.80. The first-order chi connectivity index (χ1) is 6.61. The van der Waals surface area contributed by atoms with E-state index in [1.165, 1.54) is 7.11 Å². The van der Waals surface area contributed by atoms with E-state index >= 15 is 0 Å². The number of methoxy groups -OCH3 is 1. The van der Waals surface area contributed by atoms with Gasteiger partial charge in [-0.3, -0.25) is 0 Å². The van der Waals surface area contributed by atoms with E-state index in [4.69, 9.17) is 5.26 Å². The van der Waals surface area contributed by atoms with Crippen LogP contribution in [0.1, 0.15) is 16.2 Å². The highest BCUT2D eigenvalue weighted by Crippen LogP contribution is 2.21. The van der Waals surface area contributed by atoms with E-state index < -0.39 is 5.97 Å². The molecule has 1 aromatic rings. The fourth-order valence-corrected chi connectivity index (χ4v) is 1.81. The molecule has 5 heteroatoms. The normalized spacial score (nSPS) is 9.57. The molecule has 1 heterocycles. The number of ether oxygens (including phenoxy) is 1. The summed E-state index contributed by atoms with van der Waals surface area (Å²) in [4.78, 5) is 11.3. The average Bonchev–Trinajstić information content (AvgIpc) is 2.45. The van der Waals surface area contributed by atoms with Gasteiger partial charge in [-0.2, -0.15) is 5.26 Å². The van der Waals surface area contributed by atoms with Crippen molar-refractivity contribution in [3.8, 4) is 6.07 Å². The molecule has 0 aliphatic rings. The molecule has 1 rings (SSSR count). The first-order valence-electron chi connectivity index (χ1n) is 3.91. The van der Waals surface area contributed by atoms with Crippen molar-refractivity contribution in [2.24, 2.45) is 7.05 Å². The van der Waals surface area contributed by atoms with Crippen LogP contribution in [0.2, 0.25) is 0 Å². The molecule has 0 N–H and O–H groups in total. The summed E-state index contributed by atoms with van der Waals surface area (Å²) in [6.45, 7) is 0. The Morgan fingerprint density at radius 2 is 2.43 bits per heavy atom. The summed E-state index contributed by atoms with van der Waals surface area (Å²) in [5.74, 6) is -0.405. The Kier molecular flexibility index (Phi) is 3.31. The summed E-state index contributed by atoms with van der Waals surface area (Å²) in [6, 6.07) is 3.68. The Hall–Kier alpha value is -1.28. The zero-order valence-corrected chi connectivity index (χ0v) is 9.46. The van der Waals surface area contributed by atoms with Crippen molar-refractivity contribution in [3.63, 3.8) is 0 Å². The second kappa shape index (κ2) is 4.29. The van der Waals surface area contributed by atoms with E-state index in [9.17, 15) is 4.79 Å². The summed E-state index contributed by atoms with van der Waals surface area (Å²) in [6.07, 6.45) is 0.258. The molecular formula is C9H9BrN2O2. The predicted molar refractivity (Wildman–Crippen MR) is 53.8 cm³/mol. The summed E-state index contributed by atoms with van der Waals surface area (Å²) in [7, 11) is 3.05. The predicted octanol–water partition coefficient (Wildman–Crippen LogP) is 1.64. The maximum Gasteiger partial charge on any atom is 0.354 e. The van der Waals surface area contributed by atoms with Gasteiger partial charge in [0.1, 0.15) is 5.69 Å². The van der Waals surface area contributed by atoms with E-state index in [-0.39, 0.29) is 6.42 Å². The van der Waals surface area contributed by atoms with Gasteiger partial charge in [-0.05, 0) is 22.0 Å². The lowest BCUT2D eigenvalue weighted by atomic mass is 10.3. The van der Waals surface area contributed by atoms with Gasteiger partial charge in [0, 0.05) is 17.2 Å². The summed E-state index contributed by atoms with van der Waals surface area (Å²) in [5, 5.41) is 8.57. The number of rotatable bonds is 2. The molecule has 4 nitrogen and oxygen atoms in total. The van der Waals surface area contributed by atoms with Crippen LogP contribution < -0.4 is 0 Å². The van der Waals surface area contributed by atoms with Crippen LogP contribution in [-0.4, -0.2) is 17.6 Å². The van der Waals surface area contributed by atoms with Crippen molar-refractivity contribution in [3.05, 3.63) is 21.9 Å². The quantitative estimate of drug-likeness (QED) is 0.757. The van der Waals surface area contributed by atoms with Gasteiger partial charge in [0.15, 0.2) is 0 Å². The standard InChI is InChI=1S/C9H9BrN2O2/c1-12-7(3-4-11)6(10)5-8(12)9(13)14-2/h5H,3H2,1-2H3. The molecular weight excluding hydrogens is 248 g/mol. The number of carbonyl (C=O) groups excluding carboxylic acids is 1. The number of aromatic nitrogens is 1. The van der Waals surface area contributed by atoms with Crippen LogP contribution in [-0.2, 0) is 18.2 Å². The number of hydrogen-bond donors (Lipinski definition) is 0. The molecule has 74 valence electrons. The fourth-order valence-electron chi connectivity index (χ4n) is 1.18. The highest BCUT2D eigenvalue weighted by atomic mass is 79.9. The van der Waals surface area contributed by atoms with Crippen LogP contribution in [0.5, 0.6) is 0 Å². The van der Waals surface area contributed by atoms with Crippen LogP contribution in [0, 0.1) is 11.3 Å². The molecule has 0 spiro atoms. The minimum absolute atomic E-state index is 0.258. The molecule has 0 saturated heterocycles. The summed E-state index contributed by atoms with van der Waals surface area (Å²) in [5.41, 5.74) is 1.21. The summed E-state index contributed by atoms with van der Waals surface area (Å²) >= 11 is 3.29. The molecule has 1 aromatic heterocycles. The second-order valence-corrected chi connectivity index (χ2v) is 3.56. The molecule has 0 atom stereocenters. The van der Waals surface area contributed by atoms with Crippen LogP contribution in [0.3, 0.4) is 0 Å². The topological polar surface area (TPSA) is 55.0 Å². The van der Waals surface area contributed by atoms with Crippen molar-refractivity contribution in [1.82, 2.24) is 4.57 Å². The Bertz CT molecular complexity index is 404. The average molecular weight is 257 g/mol. The smallest absolute Gasteiger partial charge is 0.354 e. The molecule has 0 aromatic carbocycles. The number of nitriles is 1.